The summed E-state index contributed by atoms with van der Waals surface area (Å²) in [7, 11) is 0. The molecule has 0 aromatic carbocycles. The van der Waals surface area contributed by atoms with Crippen LogP contribution in [-0.2, 0) is 4.79 Å². The molecule has 6 nitrogen and oxygen atoms in total. The summed E-state index contributed by atoms with van der Waals surface area (Å²) in [5.74, 6) is 1.51. The first-order valence-corrected chi connectivity index (χ1v) is 10.6. The van der Waals surface area contributed by atoms with E-state index < -0.39 is 0 Å². The molecule has 5 aliphatic rings. The Morgan fingerprint density at radius 2 is 1.93 bits per heavy atom. The SMILES string of the molecule is CC(=O)NC12CC3C[C@H](C1)C(NC(=O)c1cnn(C4CCC4)c1Cl)[C@@H](C3)C2. The van der Waals surface area contributed by atoms with E-state index in [0.717, 1.165) is 44.9 Å². The molecule has 1 heterocycles. The Bertz CT molecular complexity index is 771. The van der Waals surface area contributed by atoms with Gasteiger partial charge in [0.2, 0.25) is 5.91 Å². The summed E-state index contributed by atoms with van der Waals surface area (Å²) >= 11 is 6.47. The molecular weight excluding hydrogens is 364 g/mol. The Hall–Kier alpha value is -1.56. The summed E-state index contributed by atoms with van der Waals surface area (Å²) in [6, 6.07) is 0.525. The van der Waals surface area contributed by atoms with Crippen LogP contribution in [0.1, 0.15) is 74.7 Å². The summed E-state index contributed by atoms with van der Waals surface area (Å²) in [6.45, 7) is 1.61. The van der Waals surface area contributed by atoms with Crippen molar-refractivity contribution >= 4 is 23.4 Å². The van der Waals surface area contributed by atoms with Crippen molar-refractivity contribution < 1.29 is 9.59 Å². The van der Waals surface area contributed by atoms with Crippen molar-refractivity contribution in [1.82, 2.24) is 20.4 Å². The van der Waals surface area contributed by atoms with E-state index in [-0.39, 0.29) is 23.4 Å². The van der Waals surface area contributed by atoms with Crippen molar-refractivity contribution in [3.8, 4) is 0 Å². The van der Waals surface area contributed by atoms with Crippen LogP contribution < -0.4 is 10.6 Å². The average Bonchev–Trinajstić information content (AvgIpc) is 2.89. The van der Waals surface area contributed by atoms with Crippen molar-refractivity contribution in [2.45, 2.75) is 75.9 Å². The first-order chi connectivity index (χ1) is 12.9. The van der Waals surface area contributed by atoms with Crippen LogP contribution in [0, 0.1) is 17.8 Å². The maximum atomic E-state index is 12.9. The van der Waals surface area contributed by atoms with E-state index in [2.05, 4.69) is 15.7 Å². The molecule has 0 spiro atoms. The monoisotopic (exact) mass is 390 g/mol. The van der Waals surface area contributed by atoms with Gasteiger partial charge in [-0.25, -0.2) is 0 Å². The van der Waals surface area contributed by atoms with Crippen LogP contribution in [0.3, 0.4) is 0 Å². The number of amides is 2. The highest BCUT2D eigenvalue weighted by atomic mass is 35.5. The van der Waals surface area contributed by atoms with Crippen molar-refractivity contribution in [3.63, 3.8) is 0 Å². The Kier molecular flexibility index (Phi) is 4.04. The van der Waals surface area contributed by atoms with Gasteiger partial charge in [0.25, 0.3) is 5.91 Å². The summed E-state index contributed by atoms with van der Waals surface area (Å²) in [5, 5.41) is 11.4. The normalized spacial score (nSPS) is 37.1. The summed E-state index contributed by atoms with van der Waals surface area (Å²) in [4.78, 5) is 24.6. The van der Waals surface area contributed by atoms with Gasteiger partial charge >= 0.3 is 0 Å². The molecule has 0 aliphatic heterocycles. The Balaban J connectivity index is 1.31. The van der Waals surface area contributed by atoms with Gasteiger partial charge in [-0.1, -0.05) is 11.6 Å². The van der Waals surface area contributed by atoms with Gasteiger partial charge in [0.1, 0.15) is 5.15 Å². The van der Waals surface area contributed by atoms with Gasteiger partial charge in [-0.05, 0) is 69.1 Å². The number of hydrogen-bond acceptors (Lipinski definition) is 3. The van der Waals surface area contributed by atoms with Crippen LogP contribution >= 0.6 is 11.6 Å². The molecule has 2 N–H and O–H groups in total. The molecule has 5 aliphatic carbocycles. The lowest BCUT2D eigenvalue weighted by Crippen LogP contribution is -2.66. The number of halogens is 1. The predicted molar refractivity (Wildman–Crippen MR) is 101 cm³/mol. The van der Waals surface area contributed by atoms with E-state index in [1.807, 2.05) is 4.68 Å². The van der Waals surface area contributed by atoms with Crippen LogP contribution in [0.15, 0.2) is 6.20 Å². The molecule has 0 saturated heterocycles. The van der Waals surface area contributed by atoms with E-state index in [9.17, 15) is 9.59 Å². The fraction of sp³-hybridized carbons (Fsp3) is 0.750. The second-order valence-corrected chi connectivity index (χ2v) is 9.67. The van der Waals surface area contributed by atoms with E-state index in [1.165, 1.54) is 6.42 Å². The molecule has 4 bridgehead atoms. The quantitative estimate of drug-likeness (QED) is 0.829. The van der Waals surface area contributed by atoms with E-state index in [4.69, 9.17) is 11.6 Å². The van der Waals surface area contributed by atoms with Crippen LogP contribution in [0.5, 0.6) is 0 Å². The van der Waals surface area contributed by atoms with Crippen molar-refractivity contribution in [3.05, 3.63) is 16.9 Å². The zero-order valence-corrected chi connectivity index (χ0v) is 16.5. The van der Waals surface area contributed by atoms with Crippen LogP contribution in [0.4, 0.5) is 0 Å². The number of nitrogens with one attached hydrogen (secondary N) is 2. The van der Waals surface area contributed by atoms with Crippen molar-refractivity contribution in [2.24, 2.45) is 17.8 Å². The maximum Gasteiger partial charge on any atom is 0.256 e. The fourth-order valence-corrected chi connectivity index (χ4v) is 6.72. The number of hydrogen-bond donors (Lipinski definition) is 2. The first-order valence-electron chi connectivity index (χ1n) is 10.3. The minimum atomic E-state index is -0.100. The van der Waals surface area contributed by atoms with Crippen LogP contribution in [-0.4, -0.2) is 33.2 Å². The number of carbonyl (C=O) groups is 2. The second kappa shape index (κ2) is 6.23. The van der Waals surface area contributed by atoms with Crippen molar-refractivity contribution in [2.75, 3.05) is 0 Å². The smallest absolute Gasteiger partial charge is 0.256 e. The molecule has 146 valence electrons. The third-order valence-electron chi connectivity index (χ3n) is 7.41. The molecule has 5 saturated carbocycles. The number of nitrogens with zero attached hydrogens (tertiary/aromatic N) is 2. The highest BCUT2D eigenvalue weighted by Crippen LogP contribution is 2.55. The topological polar surface area (TPSA) is 76.0 Å². The average molecular weight is 391 g/mol. The minimum Gasteiger partial charge on any atom is -0.351 e. The lowest BCUT2D eigenvalue weighted by molar-refractivity contribution is -0.125. The Morgan fingerprint density at radius 1 is 1.22 bits per heavy atom. The third-order valence-corrected chi connectivity index (χ3v) is 7.79. The van der Waals surface area contributed by atoms with Gasteiger partial charge in [-0.2, -0.15) is 5.10 Å². The van der Waals surface area contributed by atoms with Gasteiger partial charge in [-0.15, -0.1) is 0 Å². The summed E-state index contributed by atoms with van der Waals surface area (Å²) in [6.07, 6.45) is 10.3. The summed E-state index contributed by atoms with van der Waals surface area (Å²) < 4.78 is 1.81. The molecule has 5 fully saturated rings. The third kappa shape index (κ3) is 2.87. The van der Waals surface area contributed by atoms with E-state index >= 15 is 0 Å². The highest BCUT2D eigenvalue weighted by Gasteiger charge is 2.56. The highest BCUT2D eigenvalue weighted by molar-refractivity contribution is 6.32. The van der Waals surface area contributed by atoms with Gasteiger partial charge < -0.3 is 10.6 Å². The Morgan fingerprint density at radius 3 is 2.52 bits per heavy atom. The molecule has 3 unspecified atom stereocenters. The molecular formula is C20H27ClN4O2. The second-order valence-electron chi connectivity index (χ2n) is 9.31. The van der Waals surface area contributed by atoms with Gasteiger partial charge in [0.15, 0.2) is 0 Å². The maximum absolute atomic E-state index is 12.9. The lowest BCUT2D eigenvalue weighted by atomic mass is 9.51. The molecule has 1 aromatic rings. The van der Waals surface area contributed by atoms with Gasteiger partial charge in [0, 0.05) is 18.5 Å². The van der Waals surface area contributed by atoms with Gasteiger partial charge in [0.05, 0.1) is 17.8 Å². The lowest BCUT2D eigenvalue weighted by Gasteiger charge is -2.60. The molecule has 6 rings (SSSR count). The Labute approximate surface area is 164 Å². The van der Waals surface area contributed by atoms with Crippen LogP contribution in [0.25, 0.3) is 0 Å². The molecule has 1 aromatic heterocycles. The molecule has 7 heteroatoms. The number of rotatable bonds is 4. The fourth-order valence-electron chi connectivity index (χ4n) is 6.40. The zero-order valence-electron chi connectivity index (χ0n) is 15.7. The van der Waals surface area contributed by atoms with Crippen LogP contribution in [0.2, 0.25) is 5.15 Å². The molecule has 2 amide bonds. The van der Waals surface area contributed by atoms with Crippen molar-refractivity contribution in [1.29, 1.82) is 0 Å². The summed E-state index contributed by atoms with van der Waals surface area (Å²) in [5.41, 5.74) is 0.449. The molecule has 27 heavy (non-hydrogen) atoms. The molecule has 5 atom stereocenters. The molecule has 0 radical (unpaired) electrons. The standard InChI is InChI=1S/C20H27ClN4O2/c1-11(26)24-20-7-12-5-13(8-20)17(14(6-12)9-20)23-19(27)16-10-22-25(18(16)21)15-3-2-4-15/h10,12-15,17H,2-9H2,1H3,(H,23,27)(H,24,26)/t12?,13-,14+,17?,20?. The van der Waals surface area contributed by atoms with E-state index in [1.54, 1.807) is 13.1 Å². The predicted octanol–water partition coefficient (Wildman–Crippen LogP) is 3.07. The zero-order chi connectivity index (χ0) is 18.8. The largest absolute Gasteiger partial charge is 0.351 e. The minimum absolute atomic E-state index is 0.0453. The number of aromatic nitrogens is 2. The first kappa shape index (κ1) is 17.5. The van der Waals surface area contributed by atoms with Gasteiger partial charge in [-0.3, -0.25) is 14.3 Å². The number of carbonyl (C=O) groups excluding carboxylic acids is 2. The van der Waals surface area contributed by atoms with E-state index in [0.29, 0.717) is 34.5 Å².